The van der Waals surface area contributed by atoms with Crippen LogP contribution in [0.2, 0.25) is 0 Å². The van der Waals surface area contributed by atoms with Gasteiger partial charge in [0.05, 0.1) is 19.6 Å². The van der Waals surface area contributed by atoms with E-state index in [0.717, 1.165) is 41.7 Å². The molecule has 0 spiro atoms. The molecule has 1 aromatic heterocycles. The van der Waals surface area contributed by atoms with Crippen molar-refractivity contribution in [1.82, 2.24) is 14.8 Å². The number of benzene rings is 1. The molecule has 0 aliphatic carbocycles. The number of aromatic nitrogens is 1. The summed E-state index contributed by atoms with van der Waals surface area (Å²) in [7, 11) is 7.37. The molecule has 6 nitrogen and oxygen atoms in total. The van der Waals surface area contributed by atoms with Gasteiger partial charge in [-0.15, -0.1) is 0 Å². The molecule has 3 rings (SSSR count). The lowest BCUT2D eigenvalue weighted by Gasteiger charge is -2.25. The molecule has 1 fully saturated rings. The van der Waals surface area contributed by atoms with E-state index in [0.29, 0.717) is 12.5 Å². The van der Waals surface area contributed by atoms with Gasteiger partial charge in [0, 0.05) is 50.4 Å². The average Bonchev–Trinajstić information content (AvgIpc) is 3.18. The van der Waals surface area contributed by atoms with E-state index in [1.807, 2.05) is 36.3 Å². The van der Waals surface area contributed by atoms with Crippen LogP contribution in [0.15, 0.2) is 24.4 Å². The Labute approximate surface area is 148 Å². The smallest absolute Gasteiger partial charge is 0.226 e. The summed E-state index contributed by atoms with van der Waals surface area (Å²) >= 11 is 0. The third kappa shape index (κ3) is 3.80. The van der Waals surface area contributed by atoms with Crippen LogP contribution < -0.4 is 4.74 Å². The summed E-state index contributed by atoms with van der Waals surface area (Å²) in [6, 6.07) is 6.22. The normalized spacial score (nSPS) is 21.0. The number of fused-ring (bicyclic) bond motifs is 1. The minimum atomic E-state index is 0.123. The number of nitrogens with one attached hydrogen (secondary N) is 1. The molecule has 0 bridgehead atoms. The minimum absolute atomic E-state index is 0.123. The zero-order valence-electron chi connectivity index (χ0n) is 15.4. The molecule has 1 N–H and O–H groups in total. The van der Waals surface area contributed by atoms with Crippen molar-refractivity contribution in [3.8, 4) is 5.75 Å². The van der Waals surface area contributed by atoms with E-state index in [2.05, 4.69) is 16.9 Å². The van der Waals surface area contributed by atoms with Crippen LogP contribution in [0, 0.1) is 0 Å². The molecular formula is C19H27N3O3. The van der Waals surface area contributed by atoms with Gasteiger partial charge in [-0.1, -0.05) is 0 Å². The molecule has 1 saturated heterocycles. The van der Waals surface area contributed by atoms with Gasteiger partial charge in [0.1, 0.15) is 5.75 Å². The molecule has 1 amide bonds. The highest BCUT2D eigenvalue weighted by Gasteiger charge is 2.31. The molecule has 2 aromatic rings. The highest BCUT2D eigenvalue weighted by atomic mass is 16.5. The number of amides is 1. The number of carbonyl (C=O) groups excluding carboxylic acids is 1. The highest BCUT2D eigenvalue weighted by molar-refractivity contribution is 5.89. The Bertz CT molecular complexity index is 743. The molecule has 0 saturated carbocycles. The summed E-state index contributed by atoms with van der Waals surface area (Å²) in [4.78, 5) is 20.0. The first-order valence-electron chi connectivity index (χ1n) is 8.62. The molecular weight excluding hydrogens is 318 g/mol. The minimum Gasteiger partial charge on any atom is -0.497 e. The number of rotatable bonds is 6. The molecule has 1 aromatic carbocycles. The van der Waals surface area contributed by atoms with Gasteiger partial charge in [0.25, 0.3) is 0 Å². The molecule has 1 aliphatic rings. The van der Waals surface area contributed by atoms with Crippen LogP contribution in [0.3, 0.4) is 0 Å². The molecule has 1 aliphatic heterocycles. The second kappa shape index (κ2) is 7.45. The Kier molecular flexibility index (Phi) is 5.30. The van der Waals surface area contributed by atoms with Crippen molar-refractivity contribution in [2.75, 3.05) is 41.4 Å². The van der Waals surface area contributed by atoms with Gasteiger partial charge >= 0.3 is 0 Å². The van der Waals surface area contributed by atoms with E-state index in [1.165, 1.54) is 0 Å². The number of ether oxygens (including phenoxy) is 2. The van der Waals surface area contributed by atoms with Crippen LogP contribution in [-0.2, 0) is 16.0 Å². The molecule has 2 heterocycles. The van der Waals surface area contributed by atoms with Crippen molar-refractivity contribution in [3.05, 3.63) is 30.0 Å². The number of likely N-dealkylation sites (N-methyl/N-ethyl adjacent to an activating group) is 2. The van der Waals surface area contributed by atoms with Gasteiger partial charge < -0.3 is 19.4 Å². The van der Waals surface area contributed by atoms with Crippen LogP contribution >= 0.6 is 0 Å². The standard InChI is InChI=1S/C19H27N3O3/c1-21-12-16(25-4)8-14(21)11-22(2)19(23)7-13-10-20-18-6-5-15(24-3)9-17(13)18/h5-6,9-10,14,16,20H,7-8,11-12H2,1-4H3/t14-,16-/m0/s1. The largest absolute Gasteiger partial charge is 0.497 e. The number of aromatic amines is 1. The van der Waals surface area contributed by atoms with Crippen molar-refractivity contribution in [2.24, 2.45) is 0 Å². The van der Waals surface area contributed by atoms with Crippen LogP contribution in [0.25, 0.3) is 10.9 Å². The Balaban J connectivity index is 1.65. The topological polar surface area (TPSA) is 57.8 Å². The van der Waals surface area contributed by atoms with Crippen LogP contribution in [-0.4, -0.2) is 74.2 Å². The molecule has 0 radical (unpaired) electrons. The summed E-state index contributed by atoms with van der Waals surface area (Å²) < 4.78 is 10.7. The van der Waals surface area contributed by atoms with Crippen molar-refractivity contribution in [1.29, 1.82) is 0 Å². The third-order valence-corrected chi connectivity index (χ3v) is 5.21. The fraction of sp³-hybridized carbons (Fsp3) is 0.526. The Morgan fingerprint density at radius 1 is 1.40 bits per heavy atom. The van der Waals surface area contributed by atoms with Gasteiger partial charge in [-0.3, -0.25) is 9.69 Å². The Hall–Kier alpha value is -2.05. The maximum Gasteiger partial charge on any atom is 0.226 e. The summed E-state index contributed by atoms with van der Waals surface area (Å²) in [5.74, 6) is 0.922. The lowest BCUT2D eigenvalue weighted by Crippen LogP contribution is -2.40. The third-order valence-electron chi connectivity index (χ3n) is 5.21. The lowest BCUT2D eigenvalue weighted by atomic mass is 10.1. The first-order valence-corrected chi connectivity index (χ1v) is 8.62. The number of nitrogens with zero attached hydrogens (tertiary/aromatic N) is 2. The van der Waals surface area contributed by atoms with Gasteiger partial charge in [0.15, 0.2) is 0 Å². The van der Waals surface area contributed by atoms with Crippen LogP contribution in [0.5, 0.6) is 5.75 Å². The van der Waals surface area contributed by atoms with Gasteiger partial charge in [-0.25, -0.2) is 0 Å². The maximum atomic E-state index is 12.7. The molecule has 0 unspecified atom stereocenters. The van der Waals surface area contributed by atoms with Crippen LogP contribution in [0.4, 0.5) is 0 Å². The van der Waals surface area contributed by atoms with E-state index in [-0.39, 0.29) is 12.0 Å². The number of H-pyrrole nitrogens is 1. The summed E-state index contributed by atoms with van der Waals surface area (Å²) in [6.07, 6.45) is 3.53. The van der Waals surface area contributed by atoms with E-state index in [9.17, 15) is 4.79 Å². The van der Waals surface area contributed by atoms with Gasteiger partial charge in [0.2, 0.25) is 5.91 Å². The summed E-state index contributed by atoms with van der Waals surface area (Å²) in [5.41, 5.74) is 2.02. The highest BCUT2D eigenvalue weighted by Crippen LogP contribution is 2.24. The van der Waals surface area contributed by atoms with Crippen molar-refractivity contribution in [2.45, 2.75) is 25.0 Å². The maximum absolute atomic E-state index is 12.7. The fourth-order valence-electron chi connectivity index (χ4n) is 3.56. The molecule has 25 heavy (non-hydrogen) atoms. The fourth-order valence-corrected chi connectivity index (χ4v) is 3.56. The predicted octanol–water partition coefficient (Wildman–Crippen LogP) is 1.90. The van der Waals surface area contributed by atoms with E-state index >= 15 is 0 Å². The first kappa shape index (κ1) is 17.8. The van der Waals surface area contributed by atoms with Crippen molar-refractivity contribution < 1.29 is 14.3 Å². The molecule has 136 valence electrons. The number of methoxy groups -OCH3 is 2. The SMILES string of the molecule is COc1ccc2[nH]cc(CC(=O)N(C)C[C@@H]3C[C@H](OC)CN3C)c2c1. The molecule has 6 heteroatoms. The summed E-state index contributed by atoms with van der Waals surface area (Å²) in [5, 5.41) is 1.04. The second-order valence-corrected chi connectivity index (χ2v) is 6.86. The van der Waals surface area contributed by atoms with Crippen molar-refractivity contribution in [3.63, 3.8) is 0 Å². The van der Waals surface area contributed by atoms with E-state index < -0.39 is 0 Å². The average molecular weight is 345 g/mol. The molecule has 2 atom stereocenters. The number of carbonyl (C=O) groups is 1. The first-order chi connectivity index (χ1) is 12.0. The summed E-state index contributed by atoms with van der Waals surface area (Å²) in [6.45, 7) is 1.65. The van der Waals surface area contributed by atoms with Crippen molar-refractivity contribution >= 4 is 16.8 Å². The zero-order chi connectivity index (χ0) is 18.0. The lowest BCUT2D eigenvalue weighted by molar-refractivity contribution is -0.129. The number of hydrogen-bond acceptors (Lipinski definition) is 4. The number of hydrogen-bond donors (Lipinski definition) is 1. The predicted molar refractivity (Wildman–Crippen MR) is 98.0 cm³/mol. The second-order valence-electron chi connectivity index (χ2n) is 6.86. The van der Waals surface area contributed by atoms with Crippen LogP contribution in [0.1, 0.15) is 12.0 Å². The quantitative estimate of drug-likeness (QED) is 0.869. The van der Waals surface area contributed by atoms with Gasteiger partial charge in [-0.2, -0.15) is 0 Å². The van der Waals surface area contributed by atoms with E-state index in [1.54, 1.807) is 14.2 Å². The monoisotopic (exact) mass is 345 g/mol. The Morgan fingerprint density at radius 3 is 2.88 bits per heavy atom. The van der Waals surface area contributed by atoms with E-state index in [4.69, 9.17) is 9.47 Å². The van der Waals surface area contributed by atoms with Gasteiger partial charge in [-0.05, 0) is 37.2 Å². The number of likely N-dealkylation sites (tertiary alicyclic amines) is 1. The zero-order valence-corrected chi connectivity index (χ0v) is 15.4. The Morgan fingerprint density at radius 2 is 2.20 bits per heavy atom.